The topological polar surface area (TPSA) is 49.4 Å². The number of hydrogen-bond donors (Lipinski definition) is 1. The van der Waals surface area contributed by atoms with Crippen LogP contribution in [0, 0.1) is 5.82 Å². The van der Waals surface area contributed by atoms with E-state index >= 15 is 0 Å². The van der Waals surface area contributed by atoms with Crippen molar-refractivity contribution in [2.45, 2.75) is 24.9 Å². The number of amides is 2. The minimum atomic E-state index is -0.589. The van der Waals surface area contributed by atoms with E-state index in [1.807, 2.05) is 54.6 Å². The zero-order chi connectivity index (χ0) is 21.6. The van der Waals surface area contributed by atoms with E-state index in [9.17, 15) is 14.0 Å². The molecule has 0 radical (unpaired) electrons. The lowest BCUT2D eigenvalue weighted by Crippen LogP contribution is -2.48. The monoisotopic (exact) mass is 434 g/mol. The first-order valence-corrected chi connectivity index (χ1v) is 11.3. The number of hydrogen-bond acceptors (Lipinski definition) is 3. The highest BCUT2D eigenvalue weighted by Gasteiger charge is 2.36. The van der Waals surface area contributed by atoms with E-state index in [0.717, 1.165) is 16.9 Å². The minimum absolute atomic E-state index is 0.113. The van der Waals surface area contributed by atoms with Crippen molar-refractivity contribution in [2.75, 3.05) is 5.75 Å². The van der Waals surface area contributed by atoms with Crippen LogP contribution in [-0.2, 0) is 23.6 Å². The lowest BCUT2D eigenvalue weighted by atomic mass is 10.1. The van der Waals surface area contributed by atoms with Crippen molar-refractivity contribution in [3.05, 3.63) is 107 Å². The second kappa shape index (κ2) is 9.79. The van der Waals surface area contributed by atoms with Crippen molar-refractivity contribution in [3.63, 3.8) is 0 Å². The van der Waals surface area contributed by atoms with Crippen molar-refractivity contribution in [1.82, 2.24) is 10.2 Å². The second-order valence-corrected chi connectivity index (χ2v) is 8.48. The first-order valence-electron chi connectivity index (χ1n) is 10.1. The summed E-state index contributed by atoms with van der Waals surface area (Å²) in [6.45, 7) is 0.712. The SMILES string of the molecule is O=C(NCc1ccc(F)cc1)[C@@H](CSCc1ccccc1)N1Cc2ccccc2C1=O. The highest BCUT2D eigenvalue weighted by atomic mass is 32.2. The molecular weight excluding hydrogens is 411 g/mol. The molecule has 0 aliphatic carbocycles. The van der Waals surface area contributed by atoms with Crippen LogP contribution in [0.5, 0.6) is 0 Å². The average molecular weight is 435 g/mol. The third kappa shape index (κ3) is 5.14. The van der Waals surface area contributed by atoms with Crippen molar-refractivity contribution in [3.8, 4) is 0 Å². The van der Waals surface area contributed by atoms with Gasteiger partial charge in [0.2, 0.25) is 5.91 Å². The molecule has 0 unspecified atom stereocenters. The minimum Gasteiger partial charge on any atom is -0.350 e. The number of thioether (sulfide) groups is 1. The number of fused-ring (bicyclic) bond motifs is 1. The van der Waals surface area contributed by atoms with Crippen LogP contribution in [0.4, 0.5) is 4.39 Å². The first kappa shape index (κ1) is 21.1. The molecule has 4 nitrogen and oxygen atoms in total. The molecule has 1 aliphatic heterocycles. The van der Waals surface area contributed by atoms with Gasteiger partial charge >= 0.3 is 0 Å². The van der Waals surface area contributed by atoms with Gasteiger partial charge in [-0.25, -0.2) is 4.39 Å². The molecule has 6 heteroatoms. The molecule has 158 valence electrons. The van der Waals surface area contributed by atoms with Gasteiger partial charge in [0, 0.05) is 30.2 Å². The molecule has 0 aromatic heterocycles. The van der Waals surface area contributed by atoms with Gasteiger partial charge in [-0.1, -0.05) is 60.7 Å². The van der Waals surface area contributed by atoms with E-state index in [-0.39, 0.29) is 24.2 Å². The lowest BCUT2D eigenvalue weighted by Gasteiger charge is -2.27. The Balaban J connectivity index is 1.46. The predicted octanol–water partition coefficient (Wildman–Crippen LogP) is 4.40. The number of carbonyl (C=O) groups is 2. The highest BCUT2D eigenvalue weighted by Crippen LogP contribution is 2.26. The predicted molar refractivity (Wildman–Crippen MR) is 121 cm³/mol. The molecule has 1 atom stereocenters. The Bertz CT molecular complexity index is 1060. The van der Waals surface area contributed by atoms with Crippen LogP contribution in [0.1, 0.15) is 27.0 Å². The normalized spacial score (nSPS) is 13.7. The average Bonchev–Trinajstić information content (AvgIpc) is 3.13. The third-order valence-corrected chi connectivity index (χ3v) is 6.38. The molecule has 3 aromatic rings. The third-order valence-electron chi connectivity index (χ3n) is 5.30. The number of carbonyl (C=O) groups excluding carboxylic acids is 2. The largest absolute Gasteiger partial charge is 0.350 e. The maximum Gasteiger partial charge on any atom is 0.255 e. The Morgan fingerprint density at radius 3 is 2.42 bits per heavy atom. The van der Waals surface area contributed by atoms with Gasteiger partial charge in [0.15, 0.2) is 0 Å². The van der Waals surface area contributed by atoms with Gasteiger partial charge in [0.1, 0.15) is 11.9 Å². The molecule has 0 bridgehead atoms. The zero-order valence-corrected chi connectivity index (χ0v) is 17.8. The van der Waals surface area contributed by atoms with E-state index in [0.29, 0.717) is 17.9 Å². The molecule has 0 saturated carbocycles. The second-order valence-electron chi connectivity index (χ2n) is 7.45. The van der Waals surface area contributed by atoms with Gasteiger partial charge in [-0.05, 0) is 34.9 Å². The summed E-state index contributed by atoms with van der Waals surface area (Å²) in [7, 11) is 0. The molecule has 1 heterocycles. The van der Waals surface area contributed by atoms with Gasteiger partial charge < -0.3 is 10.2 Å². The van der Waals surface area contributed by atoms with Crippen LogP contribution < -0.4 is 5.32 Å². The molecule has 0 fully saturated rings. The maximum atomic E-state index is 13.1. The molecule has 1 aliphatic rings. The van der Waals surface area contributed by atoms with Crippen LogP contribution in [-0.4, -0.2) is 28.5 Å². The van der Waals surface area contributed by atoms with E-state index in [4.69, 9.17) is 0 Å². The Kier molecular flexibility index (Phi) is 6.67. The van der Waals surface area contributed by atoms with Crippen LogP contribution in [0.3, 0.4) is 0 Å². The Hall–Kier alpha value is -3.12. The fourth-order valence-electron chi connectivity index (χ4n) is 3.61. The van der Waals surface area contributed by atoms with Gasteiger partial charge in [0.25, 0.3) is 5.91 Å². The van der Waals surface area contributed by atoms with Crippen LogP contribution in [0.2, 0.25) is 0 Å². The Morgan fingerprint density at radius 2 is 1.68 bits per heavy atom. The lowest BCUT2D eigenvalue weighted by molar-refractivity contribution is -0.125. The number of benzene rings is 3. The van der Waals surface area contributed by atoms with Gasteiger partial charge in [0.05, 0.1) is 0 Å². The number of nitrogens with one attached hydrogen (secondary N) is 1. The van der Waals surface area contributed by atoms with Gasteiger partial charge in [-0.2, -0.15) is 11.8 Å². The molecule has 1 N–H and O–H groups in total. The fourth-order valence-corrected chi connectivity index (χ4v) is 4.71. The van der Waals surface area contributed by atoms with Crippen molar-refractivity contribution in [2.24, 2.45) is 0 Å². The van der Waals surface area contributed by atoms with Crippen LogP contribution in [0.25, 0.3) is 0 Å². The fraction of sp³-hybridized carbons (Fsp3) is 0.200. The van der Waals surface area contributed by atoms with E-state index < -0.39 is 6.04 Å². The molecule has 2 amide bonds. The molecular formula is C25H23FN2O2S. The summed E-state index contributed by atoms with van der Waals surface area (Å²) in [5, 5.41) is 2.92. The van der Waals surface area contributed by atoms with Gasteiger partial charge in [-0.15, -0.1) is 0 Å². The summed E-state index contributed by atoms with van der Waals surface area (Å²) in [5.74, 6) is 0.621. The smallest absolute Gasteiger partial charge is 0.255 e. The highest BCUT2D eigenvalue weighted by molar-refractivity contribution is 7.98. The summed E-state index contributed by atoms with van der Waals surface area (Å²) in [6, 6.07) is 23.0. The summed E-state index contributed by atoms with van der Waals surface area (Å²) in [5.41, 5.74) is 3.58. The number of rotatable bonds is 8. The summed E-state index contributed by atoms with van der Waals surface area (Å²) in [6.07, 6.45) is 0. The van der Waals surface area contributed by atoms with E-state index in [1.54, 1.807) is 28.8 Å². The molecule has 4 rings (SSSR count). The number of nitrogens with zero attached hydrogens (tertiary/aromatic N) is 1. The number of halogens is 1. The van der Waals surface area contributed by atoms with Crippen LogP contribution in [0.15, 0.2) is 78.9 Å². The van der Waals surface area contributed by atoms with Crippen molar-refractivity contribution >= 4 is 23.6 Å². The van der Waals surface area contributed by atoms with E-state index in [2.05, 4.69) is 5.32 Å². The quantitative estimate of drug-likeness (QED) is 0.572. The summed E-state index contributed by atoms with van der Waals surface area (Å²) < 4.78 is 13.1. The molecule has 0 saturated heterocycles. The molecule has 0 spiro atoms. The van der Waals surface area contributed by atoms with Gasteiger partial charge in [-0.3, -0.25) is 9.59 Å². The van der Waals surface area contributed by atoms with Crippen molar-refractivity contribution in [1.29, 1.82) is 0 Å². The van der Waals surface area contributed by atoms with Crippen LogP contribution >= 0.6 is 11.8 Å². The standard InChI is InChI=1S/C25H23FN2O2S/c26-21-12-10-18(11-13-21)14-27-24(29)23(17-31-16-19-6-2-1-3-7-19)28-15-20-8-4-5-9-22(20)25(28)30/h1-13,23H,14-17H2,(H,27,29)/t23-/m1/s1. The maximum absolute atomic E-state index is 13.1. The summed E-state index contributed by atoms with van der Waals surface area (Å²) in [4.78, 5) is 27.8. The van der Waals surface area contributed by atoms with E-state index in [1.165, 1.54) is 17.7 Å². The summed E-state index contributed by atoms with van der Waals surface area (Å²) >= 11 is 1.63. The molecule has 31 heavy (non-hydrogen) atoms. The zero-order valence-electron chi connectivity index (χ0n) is 17.0. The Morgan fingerprint density at radius 1 is 0.968 bits per heavy atom. The Labute approximate surface area is 185 Å². The van der Waals surface area contributed by atoms with Crippen molar-refractivity contribution < 1.29 is 14.0 Å². The first-order chi connectivity index (χ1) is 15.1. The molecule has 3 aromatic carbocycles.